The second-order valence-electron chi connectivity index (χ2n) is 4.21. The maximum Gasteiger partial charge on any atom is 0.146 e. The molecule has 0 bridgehead atoms. The number of hydrogen-bond donors (Lipinski definition) is 1. The van der Waals surface area contributed by atoms with Crippen molar-refractivity contribution >= 4 is 38.6 Å². The highest BCUT2D eigenvalue weighted by Gasteiger charge is 2.07. The molecule has 1 heterocycles. The second kappa shape index (κ2) is 5.42. The number of halogens is 3. The smallest absolute Gasteiger partial charge is 0.146 e. The highest BCUT2D eigenvalue weighted by Crippen LogP contribution is 2.22. The first-order valence-electron chi connectivity index (χ1n) is 5.84. The van der Waals surface area contributed by atoms with Crippen LogP contribution in [0.2, 0.25) is 5.02 Å². The van der Waals surface area contributed by atoms with E-state index in [1.807, 2.05) is 0 Å². The van der Waals surface area contributed by atoms with E-state index < -0.39 is 0 Å². The molecule has 0 unspecified atom stereocenters. The average Bonchev–Trinajstić information content (AvgIpc) is 2.80. The van der Waals surface area contributed by atoms with Crippen LogP contribution in [0.15, 0.2) is 40.9 Å². The number of aromatic amines is 1. The van der Waals surface area contributed by atoms with Crippen molar-refractivity contribution in [3.8, 4) is 5.75 Å². The molecule has 20 heavy (non-hydrogen) atoms. The lowest BCUT2D eigenvalue weighted by Gasteiger charge is -2.03. The summed E-state index contributed by atoms with van der Waals surface area (Å²) < 4.78 is 19.4. The van der Waals surface area contributed by atoms with Crippen molar-refractivity contribution in [2.24, 2.45) is 0 Å². The SMILES string of the molecule is Fc1cc2[nH]c(COc3ccc(Cl)cc3)nc2cc1Br. The van der Waals surface area contributed by atoms with Gasteiger partial charge in [-0.1, -0.05) is 11.6 Å². The zero-order valence-corrected chi connectivity index (χ0v) is 12.5. The van der Waals surface area contributed by atoms with E-state index in [-0.39, 0.29) is 12.4 Å². The van der Waals surface area contributed by atoms with Gasteiger partial charge in [-0.15, -0.1) is 0 Å². The first-order chi connectivity index (χ1) is 9.61. The molecule has 0 spiro atoms. The lowest BCUT2D eigenvalue weighted by Crippen LogP contribution is -1.97. The molecule has 0 fully saturated rings. The van der Waals surface area contributed by atoms with E-state index in [1.165, 1.54) is 6.07 Å². The van der Waals surface area contributed by atoms with Crippen LogP contribution in [0.1, 0.15) is 5.82 Å². The van der Waals surface area contributed by atoms with E-state index in [9.17, 15) is 4.39 Å². The van der Waals surface area contributed by atoms with Gasteiger partial charge in [-0.25, -0.2) is 9.37 Å². The van der Waals surface area contributed by atoms with E-state index in [0.29, 0.717) is 32.1 Å². The van der Waals surface area contributed by atoms with Gasteiger partial charge < -0.3 is 9.72 Å². The predicted octanol–water partition coefficient (Wildman–Crippen LogP) is 4.70. The number of aromatic nitrogens is 2. The zero-order chi connectivity index (χ0) is 14.1. The Morgan fingerprint density at radius 1 is 1.25 bits per heavy atom. The molecule has 0 aliphatic heterocycles. The molecule has 1 aromatic heterocycles. The van der Waals surface area contributed by atoms with Gasteiger partial charge in [-0.2, -0.15) is 0 Å². The molecule has 6 heteroatoms. The van der Waals surface area contributed by atoms with Gasteiger partial charge in [-0.05, 0) is 46.3 Å². The van der Waals surface area contributed by atoms with Crippen LogP contribution in [0, 0.1) is 5.82 Å². The van der Waals surface area contributed by atoms with Gasteiger partial charge in [0, 0.05) is 11.1 Å². The van der Waals surface area contributed by atoms with Crippen LogP contribution in [-0.2, 0) is 6.61 Å². The summed E-state index contributed by atoms with van der Waals surface area (Å²) in [6.45, 7) is 0.273. The largest absolute Gasteiger partial charge is 0.486 e. The van der Waals surface area contributed by atoms with Crippen LogP contribution in [0.25, 0.3) is 11.0 Å². The van der Waals surface area contributed by atoms with Crippen molar-refractivity contribution in [3.05, 3.63) is 57.5 Å². The lowest BCUT2D eigenvalue weighted by atomic mass is 10.3. The zero-order valence-electron chi connectivity index (χ0n) is 10.2. The number of hydrogen-bond acceptors (Lipinski definition) is 2. The number of imidazole rings is 1. The topological polar surface area (TPSA) is 37.9 Å². The monoisotopic (exact) mass is 354 g/mol. The fourth-order valence-electron chi connectivity index (χ4n) is 1.81. The molecule has 0 amide bonds. The van der Waals surface area contributed by atoms with Crippen molar-refractivity contribution < 1.29 is 9.13 Å². The Kier molecular flexibility index (Phi) is 3.63. The van der Waals surface area contributed by atoms with E-state index in [0.717, 1.165) is 0 Å². The minimum Gasteiger partial charge on any atom is -0.486 e. The number of fused-ring (bicyclic) bond motifs is 1. The molecule has 0 atom stereocenters. The molecule has 0 aliphatic rings. The van der Waals surface area contributed by atoms with Crippen molar-refractivity contribution in [1.82, 2.24) is 9.97 Å². The minimum absolute atomic E-state index is 0.273. The maximum atomic E-state index is 13.4. The Morgan fingerprint density at radius 2 is 2.00 bits per heavy atom. The van der Waals surface area contributed by atoms with Crippen LogP contribution >= 0.6 is 27.5 Å². The third-order valence-electron chi connectivity index (χ3n) is 2.76. The summed E-state index contributed by atoms with van der Waals surface area (Å²) in [6, 6.07) is 10.1. The Balaban J connectivity index is 1.79. The summed E-state index contributed by atoms with van der Waals surface area (Å²) in [5, 5.41) is 0.654. The Labute approximate surface area is 127 Å². The summed E-state index contributed by atoms with van der Waals surface area (Å²) in [7, 11) is 0. The van der Waals surface area contributed by atoms with Gasteiger partial charge in [0.2, 0.25) is 0 Å². The summed E-state index contributed by atoms with van der Waals surface area (Å²) >= 11 is 8.93. The fourth-order valence-corrected chi connectivity index (χ4v) is 2.27. The highest BCUT2D eigenvalue weighted by molar-refractivity contribution is 9.10. The van der Waals surface area contributed by atoms with Gasteiger partial charge in [0.05, 0.1) is 15.5 Å². The molecular formula is C14H9BrClFN2O. The summed E-state index contributed by atoms with van der Waals surface area (Å²) in [4.78, 5) is 7.37. The van der Waals surface area contributed by atoms with Crippen molar-refractivity contribution in [3.63, 3.8) is 0 Å². The summed E-state index contributed by atoms with van der Waals surface area (Å²) in [5.41, 5.74) is 1.33. The number of ether oxygens (including phenoxy) is 1. The molecule has 2 aromatic carbocycles. The molecule has 1 N–H and O–H groups in total. The van der Waals surface area contributed by atoms with E-state index in [2.05, 4.69) is 25.9 Å². The van der Waals surface area contributed by atoms with Crippen LogP contribution in [0.4, 0.5) is 4.39 Å². The number of H-pyrrole nitrogens is 1. The average molecular weight is 356 g/mol. The van der Waals surface area contributed by atoms with Gasteiger partial charge in [-0.3, -0.25) is 0 Å². The van der Waals surface area contributed by atoms with Gasteiger partial charge in [0.15, 0.2) is 0 Å². The normalized spacial score (nSPS) is 10.9. The van der Waals surface area contributed by atoms with Crippen molar-refractivity contribution in [2.45, 2.75) is 6.61 Å². The lowest BCUT2D eigenvalue weighted by molar-refractivity contribution is 0.297. The first-order valence-corrected chi connectivity index (χ1v) is 7.01. The van der Waals surface area contributed by atoms with Crippen LogP contribution in [0.3, 0.4) is 0 Å². The van der Waals surface area contributed by atoms with E-state index >= 15 is 0 Å². The quantitative estimate of drug-likeness (QED) is 0.739. The highest BCUT2D eigenvalue weighted by atomic mass is 79.9. The molecular weight excluding hydrogens is 347 g/mol. The number of rotatable bonds is 3. The van der Waals surface area contributed by atoms with Gasteiger partial charge >= 0.3 is 0 Å². The maximum absolute atomic E-state index is 13.4. The molecule has 0 aliphatic carbocycles. The summed E-state index contributed by atoms with van der Waals surface area (Å²) in [6.07, 6.45) is 0. The molecule has 3 aromatic rings. The molecule has 0 saturated carbocycles. The Morgan fingerprint density at radius 3 is 2.75 bits per heavy atom. The molecule has 3 rings (SSSR count). The molecule has 3 nitrogen and oxygen atoms in total. The van der Waals surface area contributed by atoms with Crippen LogP contribution in [0.5, 0.6) is 5.75 Å². The molecule has 0 radical (unpaired) electrons. The molecule has 102 valence electrons. The van der Waals surface area contributed by atoms with E-state index in [1.54, 1.807) is 30.3 Å². The summed E-state index contributed by atoms with van der Waals surface area (Å²) in [5.74, 6) is 1.00. The van der Waals surface area contributed by atoms with Gasteiger partial charge in [0.25, 0.3) is 0 Å². The minimum atomic E-state index is -0.327. The Hall–Kier alpha value is -1.59. The van der Waals surface area contributed by atoms with Crippen molar-refractivity contribution in [2.75, 3.05) is 0 Å². The van der Waals surface area contributed by atoms with Crippen molar-refractivity contribution in [1.29, 1.82) is 0 Å². The Bertz CT molecular complexity index is 719. The predicted molar refractivity (Wildman–Crippen MR) is 79.5 cm³/mol. The second-order valence-corrected chi connectivity index (χ2v) is 5.50. The van der Waals surface area contributed by atoms with E-state index in [4.69, 9.17) is 16.3 Å². The molecule has 0 saturated heterocycles. The number of nitrogens with one attached hydrogen (secondary N) is 1. The number of benzene rings is 2. The van der Waals surface area contributed by atoms with Crippen LogP contribution < -0.4 is 4.74 Å². The number of nitrogens with zero attached hydrogens (tertiary/aromatic N) is 1. The fraction of sp³-hybridized carbons (Fsp3) is 0.0714. The standard InChI is InChI=1S/C14H9BrClFN2O/c15-10-5-12-13(6-11(10)17)19-14(18-12)7-20-9-3-1-8(16)2-4-9/h1-6H,7H2,(H,18,19). The third kappa shape index (κ3) is 2.78. The first kappa shape index (κ1) is 13.4. The van der Waals surface area contributed by atoms with Crippen LogP contribution in [-0.4, -0.2) is 9.97 Å². The van der Waals surface area contributed by atoms with Gasteiger partial charge in [0.1, 0.15) is 24.0 Å². The third-order valence-corrected chi connectivity index (χ3v) is 3.62.